The maximum atomic E-state index is 12.6. The molecule has 1 aromatic carbocycles. The molecule has 0 fully saturated rings. The van der Waals surface area contributed by atoms with E-state index in [1.165, 1.54) is 11.3 Å². The lowest BCUT2D eigenvalue weighted by Crippen LogP contribution is -2.32. The number of aromatic amines is 1. The Morgan fingerprint density at radius 1 is 1.44 bits per heavy atom. The second-order valence-electron chi connectivity index (χ2n) is 5.69. The van der Waals surface area contributed by atoms with Gasteiger partial charge in [0.2, 0.25) is 5.91 Å². The molecular formula is C17H17ClN4OS2. The molecule has 2 heterocycles. The zero-order valence-corrected chi connectivity index (χ0v) is 16.1. The van der Waals surface area contributed by atoms with Gasteiger partial charge in [0.05, 0.1) is 6.42 Å². The Morgan fingerprint density at radius 3 is 2.72 bits per heavy atom. The third kappa shape index (κ3) is 4.18. The van der Waals surface area contributed by atoms with Gasteiger partial charge in [0.15, 0.2) is 3.95 Å². The van der Waals surface area contributed by atoms with Gasteiger partial charge in [-0.3, -0.25) is 4.79 Å². The summed E-state index contributed by atoms with van der Waals surface area (Å²) < 4.78 is 2.57. The molecule has 0 aliphatic heterocycles. The van der Waals surface area contributed by atoms with E-state index in [1.807, 2.05) is 36.9 Å². The number of H-pyrrole nitrogens is 1. The van der Waals surface area contributed by atoms with Crippen LogP contribution in [0.1, 0.15) is 28.0 Å². The SMILES string of the molecule is Cc1[nH]c(=S)sc1CC(=O)N[C@H](c1ccc(Cl)cc1)c1nccn1C. The number of rotatable bonds is 5. The second kappa shape index (κ2) is 7.51. The van der Waals surface area contributed by atoms with Crippen LogP contribution in [0.15, 0.2) is 36.7 Å². The van der Waals surface area contributed by atoms with Gasteiger partial charge in [0, 0.05) is 35.0 Å². The number of nitrogens with one attached hydrogen (secondary N) is 2. The number of benzene rings is 1. The van der Waals surface area contributed by atoms with Crippen molar-refractivity contribution in [1.29, 1.82) is 0 Å². The zero-order valence-electron chi connectivity index (χ0n) is 13.7. The third-order valence-corrected chi connectivity index (χ3v) is 5.46. The molecular weight excluding hydrogens is 376 g/mol. The predicted molar refractivity (Wildman–Crippen MR) is 103 cm³/mol. The van der Waals surface area contributed by atoms with E-state index < -0.39 is 0 Å². The first kappa shape index (κ1) is 17.8. The summed E-state index contributed by atoms with van der Waals surface area (Å²) in [7, 11) is 1.90. The van der Waals surface area contributed by atoms with Crippen molar-refractivity contribution in [2.75, 3.05) is 0 Å². The van der Waals surface area contributed by atoms with E-state index in [-0.39, 0.29) is 18.4 Å². The highest BCUT2D eigenvalue weighted by atomic mass is 35.5. The molecule has 0 aliphatic rings. The summed E-state index contributed by atoms with van der Waals surface area (Å²) >= 11 is 12.6. The van der Waals surface area contributed by atoms with Gasteiger partial charge in [-0.05, 0) is 36.8 Å². The fraction of sp³-hybridized carbons (Fsp3) is 0.235. The number of carbonyl (C=O) groups is 1. The molecule has 0 bridgehead atoms. The average Bonchev–Trinajstić information content (AvgIpc) is 3.11. The molecule has 0 unspecified atom stereocenters. The number of thiazole rings is 1. The van der Waals surface area contributed by atoms with Crippen LogP contribution in [0.25, 0.3) is 0 Å². The maximum Gasteiger partial charge on any atom is 0.226 e. The van der Waals surface area contributed by atoms with Crippen LogP contribution in [0.5, 0.6) is 0 Å². The minimum atomic E-state index is -0.350. The van der Waals surface area contributed by atoms with Crippen molar-refractivity contribution in [3.8, 4) is 0 Å². The Hall–Kier alpha value is -1.96. The molecule has 0 saturated heterocycles. The van der Waals surface area contributed by atoms with Crippen LogP contribution in [-0.4, -0.2) is 20.4 Å². The van der Waals surface area contributed by atoms with Crippen molar-refractivity contribution in [2.45, 2.75) is 19.4 Å². The van der Waals surface area contributed by atoms with Crippen LogP contribution in [0.3, 0.4) is 0 Å². The molecule has 8 heteroatoms. The molecule has 1 amide bonds. The Balaban J connectivity index is 1.86. The first-order valence-electron chi connectivity index (χ1n) is 7.64. The monoisotopic (exact) mass is 392 g/mol. The molecule has 0 spiro atoms. The van der Waals surface area contributed by atoms with Crippen LogP contribution in [0.4, 0.5) is 0 Å². The van der Waals surface area contributed by atoms with Gasteiger partial charge in [0.1, 0.15) is 11.9 Å². The molecule has 0 saturated carbocycles. The van der Waals surface area contributed by atoms with E-state index >= 15 is 0 Å². The number of amides is 1. The highest BCUT2D eigenvalue weighted by Crippen LogP contribution is 2.23. The summed E-state index contributed by atoms with van der Waals surface area (Å²) in [5, 5.41) is 3.72. The molecule has 25 heavy (non-hydrogen) atoms. The Morgan fingerprint density at radius 2 is 2.16 bits per heavy atom. The number of aryl methyl sites for hydroxylation is 2. The fourth-order valence-corrected chi connectivity index (χ4v) is 3.99. The Kier molecular flexibility index (Phi) is 5.36. The average molecular weight is 393 g/mol. The van der Waals surface area contributed by atoms with E-state index in [0.717, 1.165) is 22.0 Å². The van der Waals surface area contributed by atoms with Crippen molar-refractivity contribution in [3.05, 3.63) is 67.6 Å². The molecule has 2 aromatic heterocycles. The van der Waals surface area contributed by atoms with Crippen LogP contribution in [-0.2, 0) is 18.3 Å². The van der Waals surface area contributed by atoms with Crippen molar-refractivity contribution in [2.24, 2.45) is 7.05 Å². The number of halogens is 1. The topological polar surface area (TPSA) is 62.7 Å². The Bertz CT molecular complexity index is 942. The minimum absolute atomic E-state index is 0.0868. The van der Waals surface area contributed by atoms with Crippen molar-refractivity contribution in [1.82, 2.24) is 19.9 Å². The van der Waals surface area contributed by atoms with E-state index in [4.69, 9.17) is 23.8 Å². The number of carbonyl (C=O) groups excluding carboxylic acids is 1. The van der Waals surface area contributed by atoms with Crippen molar-refractivity contribution in [3.63, 3.8) is 0 Å². The molecule has 1 atom stereocenters. The zero-order chi connectivity index (χ0) is 18.0. The normalized spacial score (nSPS) is 12.1. The van der Waals surface area contributed by atoms with Gasteiger partial charge in [0.25, 0.3) is 0 Å². The van der Waals surface area contributed by atoms with Crippen LogP contribution < -0.4 is 5.32 Å². The van der Waals surface area contributed by atoms with E-state index in [1.54, 1.807) is 18.3 Å². The molecule has 2 N–H and O–H groups in total. The molecule has 3 rings (SSSR count). The van der Waals surface area contributed by atoms with Gasteiger partial charge in [-0.25, -0.2) is 4.98 Å². The molecule has 5 nitrogen and oxygen atoms in total. The molecule has 130 valence electrons. The first-order valence-corrected chi connectivity index (χ1v) is 9.25. The van der Waals surface area contributed by atoms with E-state index in [2.05, 4.69) is 15.3 Å². The van der Waals surface area contributed by atoms with Crippen LogP contribution in [0, 0.1) is 10.9 Å². The summed E-state index contributed by atoms with van der Waals surface area (Å²) in [5.41, 5.74) is 1.86. The largest absolute Gasteiger partial charge is 0.342 e. The van der Waals surface area contributed by atoms with Gasteiger partial charge in [-0.15, -0.1) is 11.3 Å². The van der Waals surface area contributed by atoms with Gasteiger partial charge in [-0.1, -0.05) is 23.7 Å². The third-order valence-electron chi connectivity index (χ3n) is 3.87. The molecule has 3 aromatic rings. The quantitative estimate of drug-likeness (QED) is 0.646. The summed E-state index contributed by atoms with van der Waals surface area (Å²) in [6, 6.07) is 7.06. The lowest BCUT2D eigenvalue weighted by Gasteiger charge is -2.19. The van der Waals surface area contributed by atoms with E-state index in [0.29, 0.717) is 8.98 Å². The number of aromatic nitrogens is 3. The lowest BCUT2D eigenvalue weighted by atomic mass is 10.1. The number of hydrogen-bond acceptors (Lipinski definition) is 4. The summed E-state index contributed by atoms with van der Waals surface area (Å²) in [4.78, 5) is 21.0. The van der Waals surface area contributed by atoms with Crippen LogP contribution >= 0.6 is 35.2 Å². The standard InChI is InChI=1S/C17H17ClN4OS2/c1-10-13(25-17(24)20-10)9-14(23)21-15(16-19-7-8-22(16)2)11-3-5-12(18)6-4-11/h3-8,15H,9H2,1-2H3,(H,20,24)(H,21,23)/t15-/m1/s1. The summed E-state index contributed by atoms with van der Waals surface area (Å²) in [6.45, 7) is 1.92. The van der Waals surface area contributed by atoms with Crippen molar-refractivity contribution >= 4 is 41.1 Å². The number of nitrogens with zero attached hydrogens (tertiary/aromatic N) is 2. The predicted octanol–water partition coefficient (Wildman–Crippen LogP) is 3.95. The Labute approximate surface area is 159 Å². The molecule has 0 radical (unpaired) electrons. The smallest absolute Gasteiger partial charge is 0.226 e. The van der Waals surface area contributed by atoms with Crippen LogP contribution in [0.2, 0.25) is 5.02 Å². The van der Waals surface area contributed by atoms with Gasteiger partial charge < -0.3 is 14.9 Å². The second-order valence-corrected chi connectivity index (χ2v) is 7.90. The van der Waals surface area contributed by atoms with Gasteiger partial charge >= 0.3 is 0 Å². The maximum absolute atomic E-state index is 12.6. The van der Waals surface area contributed by atoms with Gasteiger partial charge in [-0.2, -0.15) is 0 Å². The summed E-state index contributed by atoms with van der Waals surface area (Å²) in [5.74, 6) is 0.672. The first-order chi connectivity index (χ1) is 11.9. The highest BCUT2D eigenvalue weighted by molar-refractivity contribution is 7.73. The highest BCUT2D eigenvalue weighted by Gasteiger charge is 2.21. The lowest BCUT2D eigenvalue weighted by molar-refractivity contribution is -0.121. The van der Waals surface area contributed by atoms with Crippen molar-refractivity contribution < 1.29 is 4.79 Å². The number of imidazole rings is 1. The minimum Gasteiger partial charge on any atom is -0.342 e. The molecule has 0 aliphatic carbocycles. The number of hydrogen-bond donors (Lipinski definition) is 2. The summed E-state index contributed by atoms with van der Waals surface area (Å²) in [6.07, 6.45) is 3.84. The van der Waals surface area contributed by atoms with E-state index in [9.17, 15) is 4.79 Å². The fourth-order valence-electron chi connectivity index (χ4n) is 2.57.